The minimum atomic E-state index is -3.31. The van der Waals surface area contributed by atoms with Crippen LogP contribution in [0, 0.1) is 6.92 Å². The lowest BCUT2D eigenvalue weighted by Gasteiger charge is -2.32. The van der Waals surface area contributed by atoms with Gasteiger partial charge >= 0.3 is 0 Å². The lowest BCUT2D eigenvalue weighted by molar-refractivity contribution is 0.392. The first-order chi connectivity index (χ1) is 7.95. The molecule has 0 saturated heterocycles. The Morgan fingerprint density at radius 1 is 1.35 bits per heavy atom. The van der Waals surface area contributed by atoms with Crippen LogP contribution >= 0.6 is 0 Å². The standard InChI is InChI=1S/C12H17NO3S/c1-8-3-4-11(16-2)12(5-8)17(14,15)10-6-9(13)7-10/h3-5,9-10H,6-7,13H2,1-2H3. The van der Waals surface area contributed by atoms with Crippen LogP contribution in [0.5, 0.6) is 5.75 Å². The van der Waals surface area contributed by atoms with Crippen LogP contribution in [0.25, 0.3) is 0 Å². The third-order valence-corrected chi connectivity index (χ3v) is 5.39. The van der Waals surface area contributed by atoms with Crippen molar-refractivity contribution in [2.45, 2.75) is 36.0 Å². The predicted molar refractivity (Wildman–Crippen MR) is 65.9 cm³/mol. The van der Waals surface area contributed by atoms with Gasteiger partial charge < -0.3 is 10.5 Å². The average Bonchev–Trinajstić information content (AvgIpc) is 2.24. The summed E-state index contributed by atoms with van der Waals surface area (Å²) in [5.74, 6) is 0.413. The van der Waals surface area contributed by atoms with E-state index in [1.165, 1.54) is 7.11 Å². The second-order valence-electron chi connectivity index (χ2n) is 4.55. The van der Waals surface area contributed by atoms with Crippen molar-refractivity contribution in [3.8, 4) is 5.75 Å². The number of hydrogen-bond donors (Lipinski definition) is 1. The zero-order valence-electron chi connectivity index (χ0n) is 10.0. The SMILES string of the molecule is COc1ccc(C)cc1S(=O)(=O)C1CC(N)C1. The summed E-state index contributed by atoms with van der Waals surface area (Å²) in [6.45, 7) is 1.87. The van der Waals surface area contributed by atoms with E-state index in [1.807, 2.05) is 13.0 Å². The van der Waals surface area contributed by atoms with E-state index in [4.69, 9.17) is 10.5 Å². The van der Waals surface area contributed by atoms with E-state index in [2.05, 4.69) is 0 Å². The molecule has 1 saturated carbocycles. The largest absolute Gasteiger partial charge is 0.495 e. The molecule has 0 radical (unpaired) electrons. The fourth-order valence-corrected chi connectivity index (χ4v) is 4.19. The molecule has 94 valence electrons. The van der Waals surface area contributed by atoms with Gasteiger partial charge in [-0.3, -0.25) is 0 Å². The average molecular weight is 255 g/mol. The molecule has 0 spiro atoms. The number of sulfone groups is 1. The van der Waals surface area contributed by atoms with Crippen molar-refractivity contribution < 1.29 is 13.2 Å². The summed E-state index contributed by atoms with van der Waals surface area (Å²) < 4.78 is 29.8. The van der Waals surface area contributed by atoms with Crippen LogP contribution < -0.4 is 10.5 Å². The Kier molecular flexibility index (Phi) is 3.14. The van der Waals surface area contributed by atoms with Crippen molar-refractivity contribution in [1.29, 1.82) is 0 Å². The highest BCUT2D eigenvalue weighted by atomic mass is 32.2. The Hall–Kier alpha value is -1.07. The molecule has 2 rings (SSSR count). The second-order valence-corrected chi connectivity index (χ2v) is 6.75. The fraction of sp³-hybridized carbons (Fsp3) is 0.500. The maximum atomic E-state index is 12.4. The number of aryl methyl sites for hydroxylation is 1. The van der Waals surface area contributed by atoms with Crippen molar-refractivity contribution in [2.24, 2.45) is 5.73 Å². The van der Waals surface area contributed by atoms with Crippen LogP contribution in [0.3, 0.4) is 0 Å². The van der Waals surface area contributed by atoms with Gasteiger partial charge in [-0.2, -0.15) is 0 Å². The molecule has 1 aliphatic rings. The molecule has 0 heterocycles. The van der Waals surface area contributed by atoms with E-state index in [9.17, 15) is 8.42 Å². The molecular formula is C12H17NO3S. The Morgan fingerprint density at radius 2 is 2.00 bits per heavy atom. The van der Waals surface area contributed by atoms with E-state index in [0.717, 1.165) is 5.56 Å². The molecule has 17 heavy (non-hydrogen) atoms. The van der Waals surface area contributed by atoms with E-state index in [-0.39, 0.29) is 16.2 Å². The molecular weight excluding hydrogens is 238 g/mol. The second kappa shape index (κ2) is 4.31. The highest BCUT2D eigenvalue weighted by Crippen LogP contribution is 2.35. The maximum Gasteiger partial charge on any atom is 0.185 e. The van der Waals surface area contributed by atoms with Gasteiger partial charge in [-0.15, -0.1) is 0 Å². The van der Waals surface area contributed by atoms with Gasteiger partial charge in [0, 0.05) is 6.04 Å². The Labute approximate surface area is 102 Å². The number of nitrogens with two attached hydrogens (primary N) is 1. The number of hydrogen-bond acceptors (Lipinski definition) is 4. The lowest BCUT2D eigenvalue weighted by Crippen LogP contribution is -2.44. The summed E-state index contributed by atoms with van der Waals surface area (Å²) in [5.41, 5.74) is 6.56. The van der Waals surface area contributed by atoms with Crippen LogP contribution in [0.2, 0.25) is 0 Å². The molecule has 5 heteroatoms. The van der Waals surface area contributed by atoms with Crippen molar-refractivity contribution in [3.63, 3.8) is 0 Å². The maximum absolute atomic E-state index is 12.4. The molecule has 0 bridgehead atoms. The zero-order valence-corrected chi connectivity index (χ0v) is 10.8. The number of rotatable bonds is 3. The molecule has 1 aromatic rings. The van der Waals surface area contributed by atoms with Gasteiger partial charge in [-0.25, -0.2) is 8.42 Å². The minimum absolute atomic E-state index is 0.0191. The highest BCUT2D eigenvalue weighted by Gasteiger charge is 2.39. The molecule has 1 aromatic carbocycles. The smallest absolute Gasteiger partial charge is 0.185 e. The summed E-state index contributed by atoms with van der Waals surface area (Å²) in [7, 11) is -1.82. The van der Waals surface area contributed by atoms with E-state index < -0.39 is 9.84 Å². The first-order valence-corrected chi connectivity index (χ1v) is 7.14. The highest BCUT2D eigenvalue weighted by molar-refractivity contribution is 7.92. The summed E-state index contributed by atoms with van der Waals surface area (Å²) in [4.78, 5) is 0.289. The monoisotopic (exact) mass is 255 g/mol. The Balaban J connectivity index is 2.42. The topological polar surface area (TPSA) is 69.4 Å². The van der Waals surface area contributed by atoms with Crippen molar-refractivity contribution in [2.75, 3.05) is 7.11 Å². The minimum Gasteiger partial charge on any atom is -0.495 e. The third-order valence-electron chi connectivity index (χ3n) is 3.20. The van der Waals surface area contributed by atoms with Gasteiger partial charge in [-0.1, -0.05) is 6.07 Å². The van der Waals surface area contributed by atoms with Gasteiger partial charge in [0.2, 0.25) is 0 Å². The van der Waals surface area contributed by atoms with Crippen LogP contribution in [0.15, 0.2) is 23.1 Å². The van der Waals surface area contributed by atoms with Gasteiger partial charge in [-0.05, 0) is 37.5 Å². The van der Waals surface area contributed by atoms with Gasteiger partial charge in [0.05, 0.1) is 12.4 Å². The quantitative estimate of drug-likeness (QED) is 0.883. The molecule has 0 aliphatic heterocycles. The molecule has 1 fully saturated rings. The molecule has 0 amide bonds. The summed E-state index contributed by atoms with van der Waals surface area (Å²) in [5, 5.41) is -0.354. The number of methoxy groups -OCH3 is 1. The van der Waals surface area contributed by atoms with Crippen molar-refractivity contribution in [1.82, 2.24) is 0 Å². The summed E-state index contributed by atoms with van der Waals surface area (Å²) in [6.07, 6.45) is 1.08. The van der Waals surface area contributed by atoms with E-state index >= 15 is 0 Å². The van der Waals surface area contributed by atoms with E-state index in [1.54, 1.807) is 12.1 Å². The molecule has 0 aromatic heterocycles. The third kappa shape index (κ3) is 2.17. The first kappa shape index (κ1) is 12.4. The van der Waals surface area contributed by atoms with E-state index in [0.29, 0.717) is 18.6 Å². The van der Waals surface area contributed by atoms with Gasteiger partial charge in [0.1, 0.15) is 10.6 Å². The van der Waals surface area contributed by atoms with Gasteiger partial charge in [0.15, 0.2) is 9.84 Å². The van der Waals surface area contributed by atoms with Crippen molar-refractivity contribution in [3.05, 3.63) is 23.8 Å². The Bertz CT molecular complexity index is 519. The van der Waals surface area contributed by atoms with Gasteiger partial charge in [0.25, 0.3) is 0 Å². The summed E-state index contributed by atoms with van der Waals surface area (Å²) >= 11 is 0. The number of ether oxygens (including phenoxy) is 1. The molecule has 0 atom stereocenters. The van der Waals surface area contributed by atoms with Crippen LogP contribution in [0.4, 0.5) is 0 Å². The molecule has 0 unspecified atom stereocenters. The van der Waals surface area contributed by atoms with Crippen LogP contribution in [-0.2, 0) is 9.84 Å². The lowest BCUT2D eigenvalue weighted by atomic mass is 9.93. The van der Waals surface area contributed by atoms with Crippen LogP contribution in [-0.4, -0.2) is 26.8 Å². The fourth-order valence-electron chi connectivity index (χ4n) is 2.05. The summed E-state index contributed by atoms with van der Waals surface area (Å²) in [6, 6.07) is 5.22. The normalized spacial score (nSPS) is 24.2. The number of benzene rings is 1. The first-order valence-electron chi connectivity index (χ1n) is 5.59. The van der Waals surface area contributed by atoms with Crippen molar-refractivity contribution >= 4 is 9.84 Å². The van der Waals surface area contributed by atoms with Crippen LogP contribution in [0.1, 0.15) is 18.4 Å². The Morgan fingerprint density at radius 3 is 2.53 bits per heavy atom. The molecule has 4 nitrogen and oxygen atoms in total. The molecule has 1 aliphatic carbocycles. The molecule has 2 N–H and O–H groups in total. The zero-order chi connectivity index (χ0) is 12.6. The predicted octanol–water partition coefficient (Wildman–Crippen LogP) is 1.27.